The van der Waals surface area contributed by atoms with Crippen LogP contribution in [0.1, 0.15) is 12.1 Å². The number of pyridine rings is 1. The van der Waals surface area contributed by atoms with Crippen molar-refractivity contribution in [3.63, 3.8) is 0 Å². The van der Waals surface area contributed by atoms with Gasteiger partial charge in [0.15, 0.2) is 0 Å². The van der Waals surface area contributed by atoms with E-state index in [1.54, 1.807) is 10.5 Å². The van der Waals surface area contributed by atoms with Crippen molar-refractivity contribution in [3.05, 3.63) is 60.2 Å². The Balaban J connectivity index is 2.18. The number of halogens is 1. The standard InChI is InChI=1S/C16H13FN2O2/c17-12-6-8-14-18-16(11-4-2-1-3-5-11)13(19(14)10-12)7-9-15(20)21/h1-6,8,10H,7,9H2,(H,20,21). The molecule has 0 aliphatic heterocycles. The lowest BCUT2D eigenvalue weighted by Crippen LogP contribution is -2.02. The lowest BCUT2D eigenvalue weighted by atomic mass is 10.1. The van der Waals surface area contributed by atoms with Gasteiger partial charge in [-0.2, -0.15) is 0 Å². The van der Waals surface area contributed by atoms with Crippen molar-refractivity contribution >= 4 is 11.6 Å². The van der Waals surface area contributed by atoms with E-state index in [0.29, 0.717) is 23.5 Å². The van der Waals surface area contributed by atoms with E-state index in [-0.39, 0.29) is 12.2 Å². The van der Waals surface area contributed by atoms with E-state index >= 15 is 0 Å². The molecule has 1 N–H and O–H groups in total. The minimum atomic E-state index is -0.889. The highest BCUT2D eigenvalue weighted by Gasteiger charge is 2.15. The molecule has 106 valence electrons. The predicted molar refractivity (Wildman–Crippen MR) is 76.5 cm³/mol. The molecule has 0 amide bonds. The van der Waals surface area contributed by atoms with Gasteiger partial charge in [0.1, 0.15) is 11.5 Å². The predicted octanol–water partition coefficient (Wildman–Crippen LogP) is 3.16. The largest absolute Gasteiger partial charge is 0.481 e. The van der Waals surface area contributed by atoms with E-state index in [1.165, 1.54) is 12.3 Å². The van der Waals surface area contributed by atoms with Crippen molar-refractivity contribution in [2.24, 2.45) is 0 Å². The molecular formula is C16H13FN2O2. The smallest absolute Gasteiger partial charge is 0.303 e. The molecule has 0 spiro atoms. The van der Waals surface area contributed by atoms with E-state index in [1.807, 2.05) is 30.3 Å². The van der Waals surface area contributed by atoms with Gasteiger partial charge in [0, 0.05) is 18.2 Å². The third-order valence-electron chi connectivity index (χ3n) is 3.30. The summed E-state index contributed by atoms with van der Waals surface area (Å²) in [6.45, 7) is 0. The number of carboxylic acid groups (broad SMARTS) is 1. The highest BCUT2D eigenvalue weighted by molar-refractivity contribution is 5.70. The van der Waals surface area contributed by atoms with E-state index < -0.39 is 5.97 Å². The molecule has 2 heterocycles. The molecule has 5 heteroatoms. The Morgan fingerprint density at radius 1 is 1.19 bits per heavy atom. The molecule has 0 saturated heterocycles. The summed E-state index contributed by atoms with van der Waals surface area (Å²) >= 11 is 0. The monoisotopic (exact) mass is 284 g/mol. The molecule has 0 atom stereocenters. The fourth-order valence-corrected chi connectivity index (χ4v) is 2.36. The van der Waals surface area contributed by atoms with Gasteiger partial charge in [0.25, 0.3) is 0 Å². The number of aromatic nitrogens is 2. The number of aliphatic carboxylic acids is 1. The number of nitrogens with zero attached hydrogens (tertiary/aromatic N) is 2. The molecular weight excluding hydrogens is 271 g/mol. The van der Waals surface area contributed by atoms with Gasteiger partial charge in [-0.3, -0.25) is 4.79 Å². The van der Waals surface area contributed by atoms with Gasteiger partial charge in [0.2, 0.25) is 0 Å². The molecule has 3 aromatic rings. The average molecular weight is 284 g/mol. The zero-order valence-corrected chi connectivity index (χ0v) is 11.2. The Hall–Kier alpha value is -2.69. The van der Waals surface area contributed by atoms with E-state index in [0.717, 1.165) is 5.56 Å². The number of rotatable bonds is 4. The Morgan fingerprint density at radius 2 is 1.95 bits per heavy atom. The summed E-state index contributed by atoms with van der Waals surface area (Å²) in [5.41, 5.74) is 2.90. The first-order valence-electron chi connectivity index (χ1n) is 6.59. The summed E-state index contributed by atoms with van der Waals surface area (Å²) in [7, 11) is 0. The number of carbonyl (C=O) groups is 1. The van der Waals surface area contributed by atoms with Crippen LogP contribution in [-0.4, -0.2) is 20.5 Å². The van der Waals surface area contributed by atoms with Gasteiger partial charge >= 0.3 is 5.97 Å². The molecule has 0 fully saturated rings. The number of hydrogen-bond acceptors (Lipinski definition) is 2. The second-order valence-corrected chi connectivity index (χ2v) is 4.74. The van der Waals surface area contributed by atoms with E-state index in [2.05, 4.69) is 4.98 Å². The summed E-state index contributed by atoms with van der Waals surface area (Å²) in [4.78, 5) is 15.3. The van der Waals surface area contributed by atoms with E-state index in [4.69, 9.17) is 5.11 Å². The highest BCUT2D eigenvalue weighted by Crippen LogP contribution is 2.25. The first-order valence-corrected chi connectivity index (χ1v) is 6.59. The lowest BCUT2D eigenvalue weighted by molar-refractivity contribution is -0.136. The zero-order chi connectivity index (χ0) is 14.8. The first kappa shape index (κ1) is 13.3. The molecule has 0 saturated carbocycles. The second-order valence-electron chi connectivity index (χ2n) is 4.74. The molecule has 0 aliphatic carbocycles. The summed E-state index contributed by atoms with van der Waals surface area (Å²) in [6, 6.07) is 12.4. The summed E-state index contributed by atoms with van der Waals surface area (Å²) in [5, 5.41) is 8.90. The van der Waals surface area contributed by atoms with Crippen molar-refractivity contribution in [1.82, 2.24) is 9.38 Å². The topological polar surface area (TPSA) is 54.6 Å². The average Bonchev–Trinajstić information content (AvgIpc) is 2.84. The minimum absolute atomic E-state index is 0.0237. The summed E-state index contributed by atoms with van der Waals surface area (Å²) < 4.78 is 15.1. The zero-order valence-electron chi connectivity index (χ0n) is 11.2. The molecule has 1 aromatic carbocycles. The van der Waals surface area contributed by atoms with Crippen molar-refractivity contribution < 1.29 is 14.3 Å². The first-order chi connectivity index (χ1) is 10.1. The fourth-order valence-electron chi connectivity index (χ4n) is 2.36. The van der Waals surface area contributed by atoms with Gasteiger partial charge in [-0.1, -0.05) is 30.3 Å². The quantitative estimate of drug-likeness (QED) is 0.800. The maximum Gasteiger partial charge on any atom is 0.303 e. The number of benzene rings is 1. The Kier molecular flexibility index (Phi) is 3.39. The number of aryl methyl sites for hydroxylation is 1. The van der Waals surface area contributed by atoms with Gasteiger partial charge in [-0.05, 0) is 12.1 Å². The van der Waals surface area contributed by atoms with Crippen LogP contribution < -0.4 is 0 Å². The second kappa shape index (κ2) is 5.36. The van der Waals surface area contributed by atoms with Crippen LogP contribution in [0.2, 0.25) is 0 Å². The van der Waals surface area contributed by atoms with Crippen LogP contribution in [0.15, 0.2) is 48.7 Å². The van der Waals surface area contributed by atoms with Gasteiger partial charge in [-0.15, -0.1) is 0 Å². The normalized spacial score (nSPS) is 10.9. The van der Waals surface area contributed by atoms with Gasteiger partial charge in [0.05, 0.1) is 17.8 Å². The Labute approximate surface area is 120 Å². The molecule has 21 heavy (non-hydrogen) atoms. The van der Waals surface area contributed by atoms with Gasteiger partial charge < -0.3 is 9.51 Å². The minimum Gasteiger partial charge on any atom is -0.481 e. The maximum absolute atomic E-state index is 13.5. The van der Waals surface area contributed by atoms with Crippen molar-refractivity contribution in [2.75, 3.05) is 0 Å². The van der Waals surface area contributed by atoms with Crippen LogP contribution in [-0.2, 0) is 11.2 Å². The van der Waals surface area contributed by atoms with Crippen LogP contribution >= 0.6 is 0 Å². The van der Waals surface area contributed by atoms with Crippen molar-refractivity contribution in [1.29, 1.82) is 0 Å². The molecule has 0 aliphatic rings. The lowest BCUT2D eigenvalue weighted by Gasteiger charge is -2.04. The van der Waals surface area contributed by atoms with Gasteiger partial charge in [-0.25, -0.2) is 9.37 Å². The van der Waals surface area contributed by atoms with Crippen LogP contribution in [0.3, 0.4) is 0 Å². The van der Waals surface area contributed by atoms with Crippen LogP contribution in [0, 0.1) is 5.82 Å². The molecule has 4 nitrogen and oxygen atoms in total. The Bertz CT molecular complexity index is 797. The molecule has 0 radical (unpaired) electrons. The highest BCUT2D eigenvalue weighted by atomic mass is 19.1. The third-order valence-corrected chi connectivity index (χ3v) is 3.30. The summed E-state index contributed by atoms with van der Waals surface area (Å²) in [5.74, 6) is -1.27. The number of fused-ring (bicyclic) bond motifs is 1. The van der Waals surface area contributed by atoms with Crippen molar-refractivity contribution in [2.45, 2.75) is 12.8 Å². The number of hydrogen-bond donors (Lipinski definition) is 1. The SMILES string of the molecule is O=C(O)CCc1c(-c2ccccc2)nc2ccc(F)cn12. The van der Waals surface area contributed by atoms with Crippen LogP contribution in [0.4, 0.5) is 4.39 Å². The maximum atomic E-state index is 13.5. The van der Waals surface area contributed by atoms with Crippen LogP contribution in [0.25, 0.3) is 16.9 Å². The fraction of sp³-hybridized carbons (Fsp3) is 0.125. The van der Waals surface area contributed by atoms with Crippen molar-refractivity contribution in [3.8, 4) is 11.3 Å². The molecule has 2 aromatic heterocycles. The van der Waals surface area contributed by atoms with Crippen LogP contribution in [0.5, 0.6) is 0 Å². The number of carboxylic acids is 1. The summed E-state index contributed by atoms with van der Waals surface area (Å²) in [6.07, 6.45) is 1.61. The third kappa shape index (κ3) is 2.63. The Morgan fingerprint density at radius 3 is 2.67 bits per heavy atom. The molecule has 0 unspecified atom stereocenters. The molecule has 3 rings (SSSR count). The number of imidazole rings is 1. The molecule has 0 bridgehead atoms. The van der Waals surface area contributed by atoms with E-state index in [9.17, 15) is 9.18 Å².